The van der Waals surface area contributed by atoms with Gasteiger partial charge in [-0.25, -0.2) is 0 Å². The topological polar surface area (TPSA) is 62.3 Å². The van der Waals surface area contributed by atoms with Crippen LogP contribution < -0.4 is 4.74 Å². The standard InChI is InChI=1S/C21H29N3O4/c1-15(2)28-17-7-5-16(6-8-17)18-19(23-11-9-22(3)10-12-23)21(26)24(20(18)25)13-14-27-4/h5-8,15H,9-14H2,1-4H3. The lowest BCUT2D eigenvalue weighted by Gasteiger charge is -2.34. The predicted molar refractivity (Wildman–Crippen MR) is 107 cm³/mol. The van der Waals surface area contributed by atoms with Crippen LogP contribution in [0.4, 0.5) is 0 Å². The number of amides is 2. The summed E-state index contributed by atoms with van der Waals surface area (Å²) in [6.07, 6.45) is 0.0743. The van der Waals surface area contributed by atoms with Gasteiger partial charge in [0.1, 0.15) is 11.4 Å². The second-order valence-corrected chi connectivity index (χ2v) is 7.46. The molecule has 2 aliphatic heterocycles. The van der Waals surface area contributed by atoms with E-state index < -0.39 is 0 Å². The highest BCUT2D eigenvalue weighted by atomic mass is 16.5. The molecule has 1 aromatic rings. The monoisotopic (exact) mass is 387 g/mol. The molecule has 1 saturated heterocycles. The number of likely N-dealkylation sites (N-methyl/N-ethyl adjacent to an activating group) is 1. The van der Waals surface area contributed by atoms with Gasteiger partial charge in [0.05, 0.1) is 24.8 Å². The zero-order valence-corrected chi connectivity index (χ0v) is 17.1. The van der Waals surface area contributed by atoms with Crippen LogP contribution in [0, 0.1) is 0 Å². The second-order valence-electron chi connectivity index (χ2n) is 7.46. The summed E-state index contributed by atoms with van der Waals surface area (Å²) >= 11 is 0. The predicted octanol–water partition coefficient (Wildman–Crippen LogP) is 1.45. The number of piperazine rings is 1. The number of hydrogen-bond acceptors (Lipinski definition) is 6. The van der Waals surface area contributed by atoms with E-state index in [4.69, 9.17) is 9.47 Å². The fraction of sp³-hybridized carbons (Fsp3) is 0.524. The maximum absolute atomic E-state index is 13.1. The highest BCUT2D eigenvalue weighted by molar-refractivity contribution is 6.35. The van der Waals surface area contributed by atoms with Crippen LogP contribution in [0.15, 0.2) is 30.0 Å². The van der Waals surface area contributed by atoms with Crippen LogP contribution in [0.25, 0.3) is 5.57 Å². The van der Waals surface area contributed by atoms with E-state index in [0.717, 1.165) is 37.5 Å². The number of methoxy groups -OCH3 is 1. The van der Waals surface area contributed by atoms with Crippen molar-refractivity contribution < 1.29 is 19.1 Å². The first-order valence-electron chi connectivity index (χ1n) is 9.72. The number of carbonyl (C=O) groups excluding carboxylic acids is 2. The Morgan fingerprint density at radius 3 is 2.21 bits per heavy atom. The minimum Gasteiger partial charge on any atom is -0.491 e. The molecule has 1 fully saturated rings. The third-order valence-electron chi connectivity index (χ3n) is 5.00. The lowest BCUT2D eigenvalue weighted by molar-refractivity contribution is -0.138. The molecule has 2 amide bonds. The molecule has 28 heavy (non-hydrogen) atoms. The van der Waals surface area contributed by atoms with Crippen molar-refractivity contribution in [3.63, 3.8) is 0 Å². The maximum Gasteiger partial charge on any atom is 0.277 e. The van der Waals surface area contributed by atoms with Crippen molar-refractivity contribution in [3.8, 4) is 5.75 Å². The van der Waals surface area contributed by atoms with Crippen LogP contribution >= 0.6 is 0 Å². The highest BCUT2D eigenvalue weighted by Crippen LogP contribution is 2.33. The summed E-state index contributed by atoms with van der Waals surface area (Å²) in [5, 5.41) is 0. The molecule has 2 heterocycles. The molecule has 0 aliphatic carbocycles. The fourth-order valence-electron chi connectivity index (χ4n) is 3.50. The van der Waals surface area contributed by atoms with Crippen LogP contribution in [0.5, 0.6) is 5.75 Å². The van der Waals surface area contributed by atoms with E-state index in [1.165, 1.54) is 4.90 Å². The van der Waals surface area contributed by atoms with Crippen molar-refractivity contribution in [2.45, 2.75) is 20.0 Å². The molecule has 0 unspecified atom stereocenters. The Morgan fingerprint density at radius 1 is 1.00 bits per heavy atom. The van der Waals surface area contributed by atoms with E-state index >= 15 is 0 Å². The zero-order valence-electron chi connectivity index (χ0n) is 17.1. The third-order valence-corrected chi connectivity index (χ3v) is 5.00. The van der Waals surface area contributed by atoms with Crippen LogP contribution in [0.3, 0.4) is 0 Å². The number of nitrogens with zero attached hydrogens (tertiary/aromatic N) is 3. The number of rotatable bonds is 7. The van der Waals surface area contributed by atoms with Crippen molar-refractivity contribution in [2.75, 3.05) is 53.5 Å². The first-order valence-corrected chi connectivity index (χ1v) is 9.72. The van der Waals surface area contributed by atoms with Crippen LogP contribution in [-0.4, -0.2) is 86.1 Å². The van der Waals surface area contributed by atoms with Crippen LogP contribution in [0.2, 0.25) is 0 Å². The minimum atomic E-state index is -0.256. The Morgan fingerprint density at radius 2 is 1.64 bits per heavy atom. The summed E-state index contributed by atoms with van der Waals surface area (Å²) in [6.45, 7) is 7.67. The van der Waals surface area contributed by atoms with Gasteiger partial charge in [-0.05, 0) is 38.6 Å². The van der Waals surface area contributed by atoms with Crippen LogP contribution in [-0.2, 0) is 14.3 Å². The molecule has 0 radical (unpaired) electrons. The molecule has 0 aromatic heterocycles. The Hall–Kier alpha value is -2.38. The molecule has 0 bridgehead atoms. The normalized spacial score (nSPS) is 18.6. The molecule has 3 rings (SSSR count). The SMILES string of the molecule is COCCN1C(=O)C(c2ccc(OC(C)C)cc2)=C(N2CCN(C)CC2)C1=O. The highest BCUT2D eigenvalue weighted by Gasteiger charge is 2.41. The van der Waals surface area contributed by atoms with Gasteiger partial charge < -0.3 is 19.3 Å². The molecular formula is C21H29N3O4. The molecule has 7 heteroatoms. The molecule has 0 spiro atoms. The number of ether oxygens (including phenoxy) is 2. The molecular weight excluding hydrogens is 358 g/mol. The summed E-state index contributed by atoms with van der Waals surface area (Å²) in [6, 6.07) is 7.40. The zero-order chi connectivity index (χ0) is 20.3. The fourth-order valence-corrected chi connectivity index (χ4v) is 3.50. The lowest BCUT2D eigenvalue weighted by atomic mass is 10.0. The van der Waals surface area contributed by atoms with Gasteiger partial charge in [-0.15, -0.1) is 0 Å². The molecule has 2 aliphatic rings. The van der Waals surface area contributed by atoms with Gasteiger partial charge in [0.2, 0.25) is 0 Å². The quantitative estimate of drug-likeness (QED) is 0.660. The average Bonchev–Trinajstić information content (AvgIpc) is 2.91. The Labute approximate surface area is 166 Å². The summed E-state index contributed by atoms with van der Waals surface area (Å²) in [4.78, 5) is 31.8. The summed E-state index contributed by atoms with van der Waals surface area (Å²) < 4.78 is 10.8. The number of imide groups is 1. The Kier molecular flexibility index (Phi) is 6.36. The second kappa shape index (κ2) is 8.75. The van der Waals surface area contributed by atoms with Gasteiger partial charge in [-0.3, -0.25) is 14.5 Å². The van der Waals surface area contributed by atoms with Gasteiger partial charge in [-0.1, -0.05) is 12.1 Å². The Bertz CT molecular complexity index is 749. The molecule has 0 atom stereocenters. The first kappa shape index (κ1) is 20.4. The van der Waals surface area contributed by atoms with E-state index in [9.17, 15) is 9.59 Å². The average molecular weight is 387 g/mol. The molecule has 0 N–H and O–H groups in total. The minimum absolute atomic E-state index is 0.0743. The largest absolute Gasteiger partial charge is 0.491 e. The van der Waals surface area contributed by atoms with Crippen molar-refractivity contribution in [1.82, 2.24) is 14.7 Å². The van der Waals surface area contributed by atoms with E-state index in [-0.39, 0.29) is 24.5 Å². The van der Waals surface area contributed by atoms with Gasteiger partial charge >= 0.3 is 0 Å². The number of benzene rings is 1. The van der Waals surface area contributed by atoms with Gasteiger partial charge in [0, 0.05) is 33.3 Å². The van der Waals surface area contributed by atoms with Crippen molar-refractivity contribution >= 4 is 17.4 Å². The smallest absolute Gasteiger partial charge is 0.277 e. The van der Waals surface area contributed by atoms with Crippen molar-refractivity contribution in [2.24, 2.45) is 0 Å². The van der Waals surface area contributed by atoms with Gasteiger partial charge in [0.15, 0.2) is 0 Å². The van der Waals surface area contributed by atoms with Gasteiger partial charge in [-0.2, -0.15) is 0 Å². The van der Waals surface area contributed by atoms with E-state index in [0.29, 0.717) is 17.9 Å². The van der Waals surface area contributed by atoms with E-state index in [2.05, 4.69) is 11.9 Å². The van der Waals surface area contributed by atoms with E-state index in [1.807, 2.05) is 43.0 Å². The molecule has 7 nitrogen and oxygen atoms in total. The van der Waals surface area contributed by atoms with E-state index in [1.54, 1.807) is 7.11 Å². The lowest BCUT2D eigenvalue weighted by Crippen LogP contribution is -2.46. The summed E-state index contributed by atoms with van der Waals surface area (Å²) in [7, 11) is 3.63. The summed E-state index contributed by atoms with van der Waals surface area (Å²) in [5.41, 5.74) is 1.72. The Balaban J connectivity index is 1.95. The summed E-state index contributed by atoms with van der Waals surface area (Å²) in [5.74, 6) is 0.256. The van der Waals surface area contributed by atoms with Crippen LogP contribution in [0.1, 0.15) is 19.4 Å². The maximum atomic E-state index is 13.1. The molecule has 0 saturated carbocycles. The van der Waals surface area contributed by atoms with Crippen molar-refractivity contribution in [3.05, 3.63) is 35.5 Å². The third kappa shape index (κ3) is 4.20. The molecule has 1 aromatic carbocycles. The number of hydrogen-bond donors (Lipinski definition) is 0. The number of carbonyl (C=O) groups is 2. The van der Waals surface area contributed by atoms with Crippen molar-refractivity contribution in [1.29, 1.82) is 0 Å². The van der Waals surface area contributed by atoms with Gasteiger partial charge in [0.25, 0.3) is 11.8 Å². The molecule has 152 valence electrons. The first-order chi connectivity index (χ1) is 13.4.